The molecule has 0 saturated heterocycles. The van der Waals surface area contributed by atoms with E-state index in [9.17, 15) is 9.90 Å². The summed E-state index contributed by atoms with van der Waals surface area (Å²) in [6.07, 6.45) is 45.4. The van der Waals surface area contributed by atoms with Gasteiger partial charge in [-0.15, -0.1) is 0 Å². The first kappa shape index (κ1) is 40.1. The van der Waals surface area contributed by atoms with Crippen molar-refractivity contribution in [3.63, 3.8) is 0 Å². The van der Waals surface area contributed by atoms with Crippen molar-refractivity contribution in [1.29, 1.82) is 0 Å². The van der Waals surface area contributed by atoms with Crippen LogP contribution >= 0.6 is 0 Å². The molecule has 0 amide bonds. The Morgan fingerprint density at radius 1 is 0.595 bits per heavy atom. The van der Waals surface area contributed by atoms with Gasteiger partial charge in [-0.2, -0.15) is 0 Å². The number of carbonyl (C=O) groups excluding carboxylic acids is 1. The number of aliphatic hydroxyl groups excluding tert-OH is 1. The first-order valence-corrected chi connectivity index (χ1v) is 17.4. The van der Waals surface area contributed by atoms with Gasteiger partial charge in [0.05, 0.1) is 13.2 Å². The molecule has 0 aliphatic carbocycles. The van der Waals surface area contributed by atoms with Crippen LogP contribution in [-0.2, 0) is 14.3 Å². The number of esters is 1. The van der Waals surface area contributed by atoms with Crippen molar-refractivity contribution in [3.05, 3.63) is 60.8 Å². The highest BCUT2D eigenvalue weighted by molar-refractivity contribution is 5.69. The van der Waals surface area contributed by atoms with Gasteiger partial charge in [-0.25, -0.2) is 0 Å². The zero-order chi connectivity index (χ0) is 30.6. The topological polar surface area (TPSA) is 55.8 Å². The number of aliphatic hydroxyl groups is 1. The molecule has 0 aliphatic rings. The molecule has 0 heterocycles. The number of hydrogen-bond donors (Lipinski definition) is 1. The lowest BCUT2D eigenvalue weighted by Crippen LogP contribution is -2.27. The van der Waals surface area contributed by atoms with Gasteiger partial charge in [0, 0.05) is 13.0 Å². The largest absolute Gasteiger partial charge is 0.457 e. The fourth-order valence-corrected chi connectivity index (χ4v) is 4.49. The Hall–Kier alpha value is -1.91. The van der Waals surface area contributed by atoms with Gasteiger partial charge in [0.25, 0.3) is 0 Å². The van der Waals surface area contributed by atoms with Crippen molar-refractivity contribution < 1.29 is 19.4 Å². The molecular formula is C38H66O4. The summed E-state index contributed by atoms with van der Waals surface area (Å²) in [5.74, 6) is -0.246. The molecule has 4 nitrogen and oxygen atoms in total. The standard InChI is InChI=1S/C38H66O4/c1-3-5-7-9-11-13-15-17-19-21-23-25-27-29-31-33-38(40)42-37(35-39)36-41-34-32-30-28-26-24-22-20-18-16-14-12-10-8-6-4-2/h5,7,11,13,16-19,23,25,37,39H,3-4,6,8-10,12,14-15,20-22,24,26-36H2,1-2H3/b7-5-,13-11-,18-16-,19-17-,25-23-. The zero-order valence-corrected chi connectivity index (χ0v) is 27.5. The minimum atomic E-state index is -0.559. The molecule has 1 N–H and O–H groups in total. The summed E-state index contributed by atoms with van der Waals surface area (Å²) in [6.45, 7) is 5.15. The van der Waals surface area contributed by atoms with Gasteiger partial charge < -0.3 is 14.6 Å². The number of hydrogen-bond acceptors (Lipinski definition) is 4. The van der Waals surface area contributed by atoms with E-state index in [1.54, 1.807) is 0 Å². The second-order valence-electron chi connectivity index (χ2n) is 11.2. The summed E-state index contributed by atoms with van der Waals surface area (Å²) in [6, 6.07) is 0. The molecule has 0 fully saturated rings. The van der Waals surface area contributed by atoms with Crippen LogP contribution in [0.15, 0.2) is 60.8 Å². The molecule has 0 rings (SSSR count). The Kier molecular flexibility index (Phi) is 33.7. The van der Waals surface area contributed by atoms with Gasteiger partial charge in [0.2, 0.25) is 0 Å². The highest BCUT2D eigenvalue weighted by Gasteiger charge is 2.13. The van der Waals surface area contributed by atoms with Gasteiger partial charge in [-0.1, -0.05) is 126 Å². The second-order valence-corrected chi connectivity index (χ2v) is 11.2. The van der Waals surface area contributed by atoms with Gasteiger partial charge in [-0.3, -0.25) is 4.79 Å². The summed E-state index contributed by atoms with van der Waals surface area (Å²) in [4.78, 5) is 12.1. The van der Waals surface area contributed by atoms with Gasteiger partial charge in [-0.05, 0) is 77.0 Å². The van der Waals surface area contributed by atoms with E-state index in [0.717, 1.165) is 57.8 Å². The normalized spacial score (nSPS) is 13.1. The van der Waals surface area contributed by atoms with Crippen LogP contribution in [0, 0.1) is 0 Å². The van der Waals surface area contributed by atoms with Crippen molar-refractivity contribution in [3.8, 4) is 0 Å². The van der Waals surface area contributed by atoms with Crippen LogP contribution in [0.2, 0.25) is 0 Å². The van der Waals surface area contributed by atoms with Crippen LogP contribution in [0.25, 0.3) is 0 Å². The molecule has 242 valence electrons. The Bertz CT molecular complexity index is 704. The molecule has 42 heavy (non-hydrogen) atoms. The molecule has 0 aromatic carbocycles. The fraction of sp³-hybridized carbons (Fsp3) is 0.711. The molecule has 0 aromatic heterocycles. The molecule has 0 spiro atoms. The smallest absolute Gasteiger partial charge is 0.306 e. The lowest BCUT2D eigenvalue weighted by atomic mass is 10.1. The van der Waals surface area contributed by atoms with Crippen LogP contribution in [-0.4, -0.2) is 37.0 Å². The minimum Gasteiger partial charge on any atom is -0.457 e. The number of carbonyl (C=O) groups is 1. The predicted molar refractivity (Wildman–Crippen MR) is 182 cm³/mol. The van der Waals surface area contributed by atoms with Gasteiger partial charge >= 0.3 is 5.97 Å². The molecule has 0 saturated carbocycles. The molecule has 1 unspecified atom stereocenters. The first-order valence-electron chi connectivity index (χ1n) is 17.4. The van der Waals surface area contributed by atoms with Crippen LogP contribution in [0.3, 0.4) is 0 Å². The lowest BCUT2D eigenvalue weighted by molar-refractivity contribution is -0.154. The molecule has 0 radical (unpaired) electrons. The Labute approximate surface area is 260 Å². The third kappa shape index (κ3) is 32.6. The third-order valence-electron chi connectivity index (χ3n) is 7.08. The van der Waals surface area contributed by atoms with Crippen LogP contribution in [0.5, 0.6) is 0 Å². The quantitative estimate of drug-likeness (QED) is 0.0499. The highest BCUT2D eigenvalue weighted by atomic mass is 16.6. The van der Waals surface area contributed by atoms with E-state index >= 15 is 0 Å². The van der Waals surface area contributed by atoms with Crippen molar-refractivity contribution in [2.24, 2.45) is 0 Å². The maximum atomic E-state index is 12.1. The van der Waals surface area contributed by atoms with Crippen molar-refractivity contribution in [2.45, 2.75) is 155 Å². The van der Waals surface area contributed by atoms with Crippen LogP contribution in [0.4, 0.5) is 0 Å². The summed E-state index contributed by atoms with van der Waals surface area (Å²) in [7, 11) is 0. The average Bonchev–Trinajstić information content (AvgIpc) is 3.00. The minimum absolute atomic E-state index is 0.193. The van der Waals surface area contributed by atoms with Crippen LogP contribution in [0.1, 0.15) is 149 Å². The second kappa shape index (κ2) is 35.3. The Balaban J connectivity index is 3.56. The van der Waals surface area contributed by atoms with Crippen molar-refractivity contribution >= 4 is 5.97 Å². The average molecular weight is 587 g/mol. The Morgan fingerprint density at radius 3 is 1.64 bits per heavy atom. The molecule has 0 aromatic rings. The SMILES string of the molecule is CC/C=C\C/C=C\C/C=C\C/C=C\CCCCC(=O)OC(CO)COCCCCCCCC/C=C\CCCCCCC. The molecule has 4 heteroatoms. The summed E-state index contributed by atoms with van der Waals surface area (Å²) < 4.78 is 11.1. The van der Waals surface area contributed by atoms with E-state index in [1.165, 1.54) is 70.6 Å². The number of allylic oxidation sites excluding steroid dienone is 10. The van der Waals surface area contributed by atoms with E-state index in [0.29, 0.717) is 13.0 Å². The van der Waals surface area contributed by atoms with Gasteiger partial charge in [0.1, 0.15) is 6.10 Å². The summed E-state index contributed by atoms with van der Waals surface area (Å²) in [5.41, 5.74) is 0. The summed E-state index contributed by atoms with van der Waals surface area (Å²) in [5, 5.41) is 9.53. The predicted octanol–water partition coefficient (Wildman–Crippen LogP) is 10.9. The van der Waals surface area contributed by atoms with E-state index in [1.807, 2.05) is 0 Å². The van der Waals surface area contributed by atoms with Crippen LogP contribution < -0.4 is 0 Å². The maximum absolute atomic E-state index is 12.1. The maximum Gasteiger partial charge on any atom is 0.306 e. The third-order valence-corrected chi connectivity index (χ3v) is 7.08. The molecule has 0 aliphatic heterocycles. The van der Waals surface area contributed by atoms with Crippen molar-refractivity contribution in [2.75, 3.05) is 19.8 Å². The first-order chi connectivity index (χ1) is 20.7. The van der Waals surface area contributed by atoms with E-state index in [4.69, 9.17) is 9.47 Å². The summed E-state index contributed by atoms with van der Waals surface area (Å²) >= 11 is 0. The number of rotatable bonds is 31. The zero-order valence-electron chi connectivity index (χ0n) is 27.5. The molecular weight excluding hydrogens is 520 g/mol. The lowest BCUT2D eigenvalue weighted by Gasteiger charge is -2.15. The molecule has 1 atom stereocenters. The number of unbranched alkanes of at least 4 members (excludes halogenated alkanes) is 13. The van der Waals surface area contributed by atoms with Gasteiger partial charge in [0.15, 0.2) is 0 Å². The molecule has 0 bridgehead atoms. The van der Waals surface area contributed by atoms with E-state index < -0.39 is 6.10 Å². The Morgan fingerprint density at radius 2 is 1.07 bits per heavy atom. The van der Waals surface area contributed by atoms with Crippen molar-refractivity contribution in [1.82, 2.24) is 0 Å². The monoisotopic (exact) mass is 586 g/mol. The fourth-order valence-electron chi connectivity index (χ4n) is 4.49. The van der Waals surface area contributed by atoms with E-state index in [-0.39, 0.29) is 19.2 Å². The highest BCUT2D eigenvalue weighted by Crippen LogP contribution is 2.10. The van der Waals surface area contributed by atoms with E-state index in [2.05, 4.69) is 74.6 Å². The number of ether oxygens (including phenoxy) is 2.